The van der Waals surface area contributed by atoms with E-state index in [9.17, 15) is 4.79 Å². The molecule has 2 atom stereocenters. The van der Waals surface area contributed by atoms with Crippen molar-refractivity contribution in [1.29, 1.82) is 0 Å². The number of likely N-dealkylation sites (tertiary alicyclic amines) is 1. The Balaban J connectivity index is 1.72. The van der Waals surface area contributed by atoms with Crippen LogP contribution in [0.2, 0.25) is 0 Å². The van der Waals surface area contributed by atoms with E-state index in [0.717, 1.165) is 31.2 Å². The highest BCUT2D eigenvalue weighted by atomic mass is 32.2. The Bertz CT molecular complexity index is 293. The first-order valence-corrected chi connectivity index (χ1v) is 8.40. The zero-order chi connectivity index (χ0) is 13.7. The second-order valence-corrected chi connectivity index (χ2v) is 7.06. The molecule has 2 unspecified atom stereocenters. The quantitative estimate of drug-likeness (QED) is 0.850. The van der Waals surface area contributed by atoms with Crippen molar-refractivity contribution in [3.05, 3.63) is 0 Å². The number of carbonyl (C=O) groups excluding carboxylic acids is 1. The predicted molar refractivity (Wildman–Crippen MR) is 79.6 cm³/mol. The van der Waals surface area contributed by atoms with Gasteiger partial charge < -0.3 is 15.0 Å². The van der Waals surface area contributed by atoms with E-state index in [2.05, 4.69) is 24.0 Å². The van der Waals surface area contributed by atoms with Gasteiger partial charge in [-0.1, -0.05) is 6.92 Å². The number of ether oxygens (including phenoxy) is 1. The highest BCUT2D eigenvalue weighted by Gasteiger charge is 2.27. The van der Waals surface area contributed by atoms with Crippen LogP contribution >= 0.6 is 11.8 Å². The van der Waals surface area contributed by atoms with E-state index in [1.807, 2.05) is 4.90 Å². The fourth-order valence-corrected chi connectivity index (χ4v) is 4.11. The number of carbonyl (C=O) groups is 1. The van der Waals surface area contributed by atoms with Gasteiger partial charge in [0.1, 0.15) is 6.61 Å². The minimum atomic E-state index is 0.127. The summed E-state index contributed by atoms with van der Waals surface area (Å²) >= 11 is 2.08. The van der Waals surface area contributed by atoms with E-state index in [1.165, 1.54) is 18.6 Å². The molecule has 2 rings (SSSR count). The summed E-state index contributed by atoms with van der Waals surface area (Å²) in [6.45, 7) is 4.29. The lowest BCUT2D eigenvalue weighted by Crippen LogP contribution is -2.51. The fourth-order valence-electron chi connectivity index (χ4n) is 2.96. The molecule has 0 bridgehead atoms. The van der Waals surface area contributed by atoms with Crippen molar-refractivity contribution in [1.82, 2.24) is 10.2 Å². The number of amides is 1. The minimum absolute atomic E-state index is 0.127. The number of hydrogen-bond donors (Lipinski definition) is 1. The molecule has 0 spiro atoms. The number of hydrogen-bond acceptors (Lipinski definition) is 4. The molecule has 5 heteroatoms. The summed E-state index contributed by atoms with van der Waals surface area (Å²) in [4.78, 5) is 13.7. The molecule has 110 valence electrons. The molecular formula is C14H26N2O2S. The third-order valence-corrected chi connectivity index (χ3v) is 5.55. The van der Waals surface area contributed by atoms with Gasteiger partial charge in [-0.2, -0.15) is 11.8 Å². The molecule has 0 aliphatic carbocycles. The smallest absolute Gasteiger partial charge is 0.248 e. The van der Waals surface area contributed by atoms with Crippen LogP contribution in [0.15, 0.2) is 0 Å². The summed E-state index contributed by atoms with van der Waals surface area (Å²) in [5, 5.41) is 4.53. The average Bonchev–Trinajstić information content (AvgIpc) is 2.42. The van der Waals surface area contributed by atoms with E-state index in [4.69, 9.17) is 4.74 Å². The van der Waals surface area contributed by atoms with Crippen LogP contribution < -0.4 is 5.32 Å². The van der Waals surface area contributed by atoms with Crippen molar-refractivity contribution in [2.75, 3.05) is 32.6 Å². The molecule has 4 nitrogen and oxygen atoms in total. The van der Waals surface area contributed by atoms with Gasteiger partial charge in [0.15, 0.2) is 0 Å². The van der Waals surface area contributed by atoms with Crippen LogP contribution in [-0.4, -0.2) is 60.7 Å². The Morgan fingerprint density at radius 1 is 1.37 bits per heavy atom. The monoisotopic (exact) mass is 286 g/mol. The van der Waals surface area contributed by atoms with Gasteiger partial charge in [0.25, 0.3) is 0 Å². The van der Waals surface area contributed by atoms with Crippen LogP contribution in [0.1, 0.15) is 32.6 Å². The Hall–Kier alpha value is -0.260. The summed E-state index contributed by atoms with van der Waals surface area (Å²) in [6.07, 6.45) is 4.78. The van der Waals surface area contributed by atoms with Gasteiger partial charge in [-0.05, 0) is 31.4 Å². The highest BCUT2D eigenvalue weighted by molar-refractivity contribution is 7.99. The van der Waals surface area contributed by atoms with E-state index in [-0.39, 0.29) is 12.5 Å². The Labute approximate surface area is 120 Å². The van der Waals surface area contributed by atoms with Crippen LogP contribution in [-0.2, 0) is 9.53 Å². The van der Waals surface area contributed by atoms with Crippen molar-refractivity contribution < 1.29 is 9.53 Å². The van der Waals surface area contributed by atoms with Crippen molar-refractivity contribution in [2.45, 2.75) is 49.9 Å². The number of methoxy groups -OCH3 is 1. The molecule has 2 aliphatic heterocycles. The zero-order valence-corrected chi connectivity index (χ0v) is 12.9. The number of thioether (sulfide) groups is 1. The van der Waals surface area contributed by atoms with Crippen molar-refractivity contribution in [3.8, 4) is 0 Å². The molecule has 2 aliphatic rings. The molecule has 1 N–H and O–H groups in total. The van der Waals surface area contributed by atoms with E-state index >= 15 is 0 Å². The van der Waals surface area contributed by atoms with Crippen molar-refractivity contribution in [3.63, 3.8) is 0 Å². The average molecular weight is 286 g/mol. The second-order valence-electron chi connectivity index (χ2n) is 5.58. The first kappa shape index (κ1) is 15.1. The molecule has 0 saturated carbocycles. The van der Waals surface area contributed by atoms with Crippen molar-refractivity contribution >= 4 is 17.7 Å². The molecule has 2 heterocycles. The summed E-state index contributed by atoms with van der Waals surface area (Å²) < 4.78 is 4.91. The van der Waals surface area contributed by atoms with Crippen LogP contribution in [0.5, 0.6) is 0 Å². The molecule has 1 amide bonds. The maximum Gasteiger partial charge on any atom is 0.248 e. The van der Waals surface area contributed by atoms with Gasteiger partial charge in [0, 0.05) is 37.5 Å². The standard InChI is InChI=1S/C14H26N2O2S/c1-11-13(4-3-9-19-11)15-12-5-7-16(8-6-12)14(17)10-18-2/h11-13,15H,3-10H2,1-2H3. The lowest BCUT2D eigenvalue weighted by molar-refractivity contribution is -0.136. The Morgan fingerprint density at radius 2 is 2.11 bits per heavy atom. The maximum absolute atomic E-state index is 11.7. The first-order valence-electron chi connectivity index (χ1n) is 7.35. The lowest BCUT2D eigenvalue weighted by Gasteiger charge is -2.37. The number of piperidine rings is 1. The van der Waals surface area contributed by atoms with Crippen LogP contribution in [0.4, 0.5) is 0 Å². The minimum Gasteiger partial charge on any atom is -0.375 e. The van der Waals surface area contributed by atoms with Gasteiger partial charge in [-0.3, -0.25) is 4.79 Å². The summed E-state index contributed by atoms with van der Waals surface area (Å²) in [5.74, 6) is 1.44. The van der Waals surface area contributed by atoms with Gasteiger partial charge in [0.2, 0.25) is 5.91 Å². The third-order valence-electron chi connectivity index (χ3n) is 4.17. The van der Waals surface area contributed by atoms with Crippen LogP contribution in [0, 0.1) is 0 Å². The van der Waals surface area contributed by atoms with Gasteiger partial charge in [-0.15, -0.1) is 0 Å². The predicted octanol–water partition coefficient (Wildman–Crippen LogP) is 1.50. The van der Waals surface area contributed by atoms with E-state index in [0.29, 0.717) is 12.1 Å². The molecule has 2 fully saturated rings. The Morgan fingerprint density at radius 3 is 2.74 bits per heavy atom. The normalized spacial score (nSPS) is 29.5. The number of nitrogens with one attached hydrogen (secondary N) is 1. The summed E-state index contributed by atoms with van der Waals surface area (Å²) in [5.41, 5.74) is 0. The Kier molecular flexibility index (Phi) is 5.98. The maximum atomic E-state index is 11.7. The third kappa shape index (κ3) is 4.36. The molecular weight excluding hydrogens is 260 g/mol. The summed E-state index contributed by atoms with van der Waals surface area (Å²) in [6, 6.07) is 1.24. The highest BCUT2D eigenvalue weighted by Crippen LogP contribution is 2.26. The molecule has 2 saturated heterocycles. The number of nitrogens with zero attached hydrogens (tertiary/aromatic N) is 1. The van der Waals surface area contributed by atoms with E-state index < -0.39 is 0 Å². The zero-order valence-electron chi connectivity index (χ0n) is 12.1. The first-order chi connectivity index (χ1) is 9.20. The lowest BCUT2D eigenvalue weighted by atomic mass is 10.0. The van der Waals surface area contributed by atoms with Crippen LogP contribution in [0.25, 0.3) is 0 Å². The fraction of sp³-hybridized carbons (Fsp3) is 0.929. The SMILES string of the molecule is COCC(=O)N1CCC(NC2CCCSC2C)CC1. The van der Waals surface area contributed by atoms with Crippen LogP contribution in [0.3, 0.4) is 0 Å². The molecule has 0 radical (unpaired) electrons. The molecule has 0 aromatic heterocycles. The topological polar surface area (TPSA) is 41.6 Å². The molecule has 19 heavy (non-hydrogen) atoms. The second kappa shape index (κ2) is 7.50. The number of rotatable bonds is 4. The molecule has 0 aromatic rings. The molecule has 0 aromatic carbocycles. The summed E-state index contributed by atoms with van der Waals surface area (Å²) in [7, 11) is 1.58. The van der Waals surface area contributed by atoms with Crippen molar-refractivity contribution in [2.24, 2.45) is 0 Å². The van der Waals surface area contributed by atoms with E-state index in [1.54, 1.807) is 7.11 Å². The van der Waals surface area contributed by atoms with Gasteiger partial charge >= 0.3 is 0 Å². The van der Waals surface area contributed by atoms with Gasteiger partial charge in [-0.25, -0.2) is 0 Å². The largest absolute Gasteiger partial charge is 0.375 e. The van der Waals surface area contributed by atoms with Gasteiger partial charge in [0.05, 0.1) is 0 Å².